The molecule has 1 aliphatic rings. The van der Waals surface area contributed by atoms with Crippen LogP contribution in [-0.2, 0) is 16.6 Å². The first-order valence-corrected chi connectivity index (χ1v) is 10.4. The first kappa shape index (κ1) is 19.4. The molecule has 0 aromatic heterocycles. The lowest BCUT2D eigenvalue weighted by Gasteiger charge is -2.19. The molecular formula is C20H25N3O3S. The Balaban J connectivity index is 1.65. The fourth-order valence-corrected chi connectivity index (χ4v) is 4.04. The molecule has 1 amide bonds. The minimum absolute atomic E-state index is 0.0568. The largest absolute Gasteiger partial charge is 0.378 e. The second-order valence-corrected chi connectivity index (χ2v) is 8.86. The van der Waals surface area contributed by atoms with Crippen molar-refractivity contribution >= 4 is 21.6 Å². The van der Waals surface area contributed by atoms with E-state index in [0.29, 0.717) is 12.1 Å². The van der Waals surface area contributed by atoms with Crippen molar-refractivity contribution in [2.75, 3.05) is 26.0 Å². The molecule has 7 heteroatoms. The highest BCUT2D eigenvalue weighted by molar-refractivity contribution is 7.89. The van der Waals surface area contributed by atoms with Gasteiger partial charge < -0.3 is 9.80 Å². The number of carbonyl (C=O) groups excluding carboxylic acids is 1. The van der Waals surface area contributed by atoms with Crippen molar-refractivity contribution in [1.82, 2.24) is 9.62 Å². The molecule has 3 rings (SSSR count). The van der Waals surface area contributed by atoms with E-state index in [1.165, 1.54) is 12.1 Å². The monoisotopic (exact) mass is 387 g/mol. The van der Waals surface area contributed by atoms with E-state index in [1.807, 2.05) is 43.3 Å². The molecule has 0 bridgehead atoms. The summed E-state index contributed by atoms with van der Waals surface area (Å²) in [5, 5.41) is 0. The number of amides is 1. The van der Waals surface area contributed by atoms with Crippen LogP contribution in [0.3, 0.4) is 0 Å². The van der Waals surface area contributed by atoms with E-state index < -0.39 is 10.0 Å². The topological polar surface area (TPSA) is 69.7 Å². The number of hydrogen-bond acceptors (Lipinski definition) is 4. The van der Waals surface area contributed by atoms with E-state index in [4.69, 9.17) is 0 Å². The third-order valence-electron chi connectivity index (χ3n) is 4.53. The molecule has 1 saturated carbocycles. The molecule has 0 atom stereocenters. The first-order valence-electron chi connectivity index (χ1n) is 8.90. The van der Waals surface area contributed by atoms with E-state index in [0.717, 1.165) is 24.1 Å². The summed E-state index contributed by atoms with van der Waals surface area (Å²) in [7, 11) is 2.20. The molecule has 1 fully saturated rings. The number of hydrogen-bond donors (Lipinski definition) is 1. The zero-order valence-electron chi connectivity index (χ0n) is 15.8. The van der Waals surface area contributed by atoms with Crippen LogP contribution in [0, 0.1) is 0 Å². The van der Waals surface area contributed by atoms with Gasteiger partial charge in [-0.25, -0.2) is 13.1 Å². The number of sulfonamides is 1. The van der Waals surface area contributed by atoms with E-state index in [1.54, 1.807) is 24.1 Å². The molecule has 2 aromatic rings. The van der Waals surface area contributed by atoms with Crippen LogP contribution in [-0.4, -0.2) is 46.4 Å². The van der Waals surface area contributed by atoms with Gasteiger partial charge in [0.2, 0.25) is 10.0 Å². The Bertz CT molecular complexity index is 902. The highest BCUT2D eigenvalue weighted by Gasteiger charge is 2.28. The van der Waals surface area contributed by atoms with Gasteiger partial charge in [0, 0.05) is 45.0 Å². The van der Waals surface area contributed by atoms with Crippen LogP contribution in [0.2, 0.25) is 0 Å². The number of nitrogens with one attached hydrogen (secondary N) is 1. The zero-order valence-corrected chi connectivity index (χ0v) is 16.7. The molecule has 1 N–H and O–H groups in total. The summed E-state index contributed by atoms with van der Waals surface area (Å²) in [6, 6.07) is 14.2. The highest BCUT2D eigenvalue weighted by atomic mass is 32.2. The minimum Gasteiger partial charge on any atom is -0.378 e. The van der Waals surface area contributed by atoms with Crippen LogP contribution in [0.4, 0.5) is 5.69 Å². The summed E-state index contributed by atoms with van der Waals surface area (Å²) >= 11 is 0. The van der Waals surface area contributed by atoms with Gasteiger partial charge in [-0.3, -0.25) is 4.79 Å². The quantitative estimate of drug-likeness (QED) is 0.792. The number of anilines is 1. The van der Waals surface area contributed by atoms with Gasteiger partial charge in [-0.1, -0.05) is 12.1 Å². The summed E-state index contributed by atoms with van der Waals surface area (Å²) in [5.41, 5.74) is 2.60. The maximum absolute atomic E-state index is 12.6. The Morgan fingerprint density at radius 2 is 1.59 bits per heavy atom. The van der Waals surface area contributed by atoms with Crippen LogP contribution in [0.1, 0.15) is 28.8 Å². The van der Waals surface area contributed by atoms with E-state index >= 15 is 0 Å². The second-order valence-electron chi connectivity index (χ2n) is 7.14. The van der Waals surface area contributed by atoms with Gasteiger partial charge in [0.25, 0.3) is 5.91 Å². The maximum atomic E-state index is 12.6. The van der Waals surface area contributed by atoms with Crippen LogP contribution < -0.4 is 9.62 Å². The van der Waals surface area contributed by atoms with E-state index in [9.17, 15) is 13.2 Å². The number of benzene rings is 2. The predicted molar refractivity (Wildman–Crippen MR) is 106 cm³/mol. The normalized spacial score (nSPS) is 14.0. The smallest absolute Gasteiger partial charge is 0.253 e. The standard InChI is InChI=1S/C20H25N3O3S/c1-22(2)18-10-4-15(5-11-18)14-23(3)20(24)16-6-12-19(13-7-16)27(25,26)21-17-8-9-17/h4-7,10-13,17,21H,8-9,14H2,1-3H3. The lowest BCUT2D eigenvalue weighted by atomic mass is 10.1. The SMILES string of the molecule is CN(Cc1ccc(N(C)C)cc1)C(=O)c1ccc(S(=O)(=O)NC2CC2)cc1. The van der Waals surface area contributed by atoms with Crippen LogP contribution in [0.15, 0.2) is 53.4 Å². The van der Waals surface area contributed by atoms with Crippen molar-refractivity contribution in [3.05, 3.63) is 59.7 Å². The molecule has 144 valence electrons. The molecule has 2 aromatic carbocycles. The van der Waals surface area contributed by atoms with E-state index in [2.05, 4.69) is 4.72 Å². The summed E-state index contributed by atoms with van der Waals surface area (Å²) in [6.07, 6.45) is 1.77. The molecule has 0 spiro atoms. The van der Waals surface area contributed by atoms with Crippen molar-refractivity contribution in [2.24, 2.45) is 0 Å². The van der Waals surface area contributed by atoms with Crippen LogP contribution >= 0.6 is 0 Å². The Kier molecular flexibility index (Phi) is 5.53. The summed E-state index contributed by atoms with van der Waals surface area (Å²) in [6.45, 7) is 0.482. The third-order valence-corrected chi connectivity index (χ3v) is 6.07. The van der Waals surface area contributed by atoms with Gasteiger partial charge in [-0.15, -0.1) is 0 Å². The van der Waals surface area contributed by atoms with Gasteiger partial charge >= 0.3 is 0 Å². The average molecular weight is 388 g/mol. The molecule has 0 aliphatic heterocycles. The molecular weight excluding hydrogens is 362 g/mol. The van der Waals surface area contributed by atoms with Gasteiger partial charge in [-0.2, -0.15) is 0 Å². The molecule has 1 aliphatic carbocycles. The summed E-state index contributed by atoms with van der Waals surface area (Å²) in [5.74, 6) is -0.147. The van der Waals surface area contributed by atoms with Gasteiger partial charge in [0.1, 0.15) is 0 Å². The van der Waals surface area contributed by atoms with Gasteiger partial charge in [-0.05, 0) is 54.8 Å². The van der Waals surface area contributed by atoms with Crippen molar-refractivity contribution in [2.45, 2.75) is 30.3 Å². The second kappa shape index (κ2) is 7.70. The Labute approximate surface area is 160 Å². The number of nitrogens with zero attached hydrogens (tertiary/aromatic N) is 2. The van der Waals surface area contributed by atoms with Crippen LogP contribution in [0.5, 0.6) is 0 Å². The Hall–Kier alpha value is -2.38. The van der Waals surface area contributed by atoms with Gasteiger partial charge in [0.05, 0.1) is 4.90 Å². The summed E-state index contributed by atoms with van der Waals surface area (Å²) in [4.78, 5) is 16.5. The minimum atomic E-state index is -3.50. The lowest BCUT2D eigenvalue weighted by molar-refractivity contribution is 0.0785. The first-order chi connectivity index (χ1) is 12.8. The molecule has 0 saturated heterocycles. The maximum Gasteiger partial charge on any atom is 0.253 e. The molecule has 0 unspecified atom stereocenters. The predicted octanol–water partition coefficient (Wildman–Crippen LogP) is 2.47. The number of rotatable bonds is 7. The highest BCUT2D eigenvalue weighted by Crippen LogP contribution is 2.22. The van der Waals surface area contributed by atoms with Crippen molar-refractivity contribution < 1.29 is 13.2 Å². The fraction of sp³-hybridized carbons (Fsp3) is 0.350. The fourth-order valence-electron chi connectivity index (χ4n) is 2.73. The third kappa shape index (κ3) is 4.87. The molecule has 27 heavy (non-hydrogen) atoms. The van der Waals surface area contributed by atoms with Crippen molar-refractivity contribution in [3.63, 3.8) is 0 Å². The Morgan fingerprint density at radius 1 is 1.00 bits per heavy atom. The summed E-state index contributed by atoms with van der Waals surface area (Å²) < 4.78 is 27.0. The lowest BCUT2D eigenvalue weighted by Crippen LogP contribution is -2.27. The number of carbonyl (C=O) groups is 1. The molecule has 0 heterocycles. The van der Waals surface area contributed by atoms with Crippen molar-refractivity contribution in [1.29, 1.82) is 0 Å². The van der Waals surface area contributed by atoms with E-state index in [-0.39, 0.29) is 16.8 Å². The van der Waals surface area contributed by atoms with Crippen LogP contribution in [0.25, 0.3) is 0 Å². The Morgan fingerprint density at radius 3 is 2.11 bits per heavy atom. The average Bonchev–Trinajstić information content (AvgIpc) is 3.45. The van der Waals surface area contributed by atoms with Crippen molar-refractivity contribution in [3.8, 4) is 0 Å². The molecule has 0 radical (unpaired) electrons. The van der Waals surface area contributed by atoms with Gasteiger partial charge in [0.15, 0.2) is 0 Å². The zero-order chi connectivity index (χ0) is 19.6. The molecule has 6 nitrogen and oxygen atoms in total.